The number of carbonyl (C=O) groups is 1. The van der Waals surface area contributed by atoms with E-state index in [0.717, 1.165) is 0 Å². The second-order valence-electron chi connectivity index (χ2n) is 5.13. The number of benzene rings is 2. The molecule has 0 saturated carbocycles. The predicted molar refractivity (Wildman–Crippen MR) is 81.4 cm³/mol. The summed E-state index contributed by atoms with van der Waals surface area (Å²) >= 11 is 0. The van der Waals surface area contributed by atoms with Gasteiger partial charge in [0.2, 0.25) is 0 Å². The molecule has 128 valence electrons. The van der Waals surface area contributed by atoms with Crippen molar-refractivity contribution in [3.8, 4) is 5.75 Å². The second kappa shape index (κ2) is 7.83. The maximum absolute atomic E-state index is 12.9. The molecular weight excluding hydrogens is 323 g/mol. The molecule has 0 spiro atoms. The number of halogens is 3. The average molecular weight is 339 g/mol. The van der Waals surface area contributed by atoms with Crippen molar-refractivity contribution in [1.29, 1.82) is 0 Å². The van der Waals surface area contributed by atoms with Gasteiger partial charge in [-0.1, -0.05) is 24.3 Å². The first-order valence-corrected chi connectivity index (χ1v) is 7.16. The molecule has 0 aliphatic heterocycles. The lowest BCUT2D eigenvalue weighted by Crippen LogP contribution is -2.37. The van der Waals surface area contributed by atoms with Gasteiger partial charge in [0.25, 0.3) is 5.91 Å². The summed E-state index contributed by atoms with van der Waals surface area (Å²) in [5.74, 6) is -1.37. The third kappa shape index (κ3) is 4.48. The van der Waals surface area contributed by atoms with Crippen LogP contribution in [0.5, 0.6) is 5.75 Å². The van der Waals surface area contributed by atoms with Crippen molar-refractivity contribution in [2.45, 2.75) is 25.7 Å². The molecule has 4 nitrogen and oxygen atoms in total. The molecule has 0 fully saturated rings. The van der Waals surface area contributed by atoms with Crippen molar-refractivity contribution in [2.75, 3.05) is 0 Å². The highest BCUT2D eigenvalue weighted by atomic mass is 19.3. The molecule has 0 aromatic heterocycles. The number of nitrogens with one attached hydrogen (secondary N) is 1. The third-order valence-corrected chi connectivity index (χ3v) is 3.39. The molecule has 0 heterocycles. The predicted octanol–water partition coefficient (Wildman–Crippen LogP) is 3.28. The molecular formula is C17H16F3NO3. The van der Waals surface area contributed by atoms with Crippen LogP contribution in [-0.4, -0.2) is 23.7 Å². The fourth-order valence-electron chi connectivity index (χ4n) is 2.17. The van der Waals surface area contributed by atoms with Crippen molar-refractivity contribution in [3.05, 3.63) is 65.5 Å². The third-order valence-electron chi connectivity index (χ3n) is 3.39. The van der Waals surface area contributed by atoms with Crippen LogP contribution in [-0.2, 0) is 0 Å². The Bertz CT molecular complexity index is 692. The number of carbonyl (C=O) groups excluding carboxylic acids is 1. The number of para-hydroxylation sites is 1. The van der Waals surface area contributed by atoms with Crippen LogP contribution in [0.2, 0.25) is 0 Å². The highest BCUT2D eigenvalue weighted by Gasteiger charge is 2.21. The highest BCUT2D eigenvalue weighted by Crippen LogP contribution is 2.22. The number of aliphatic hydroxyl groups is 1. The first kappa shape index (κ1) is 17.8. The summed E-state index contributed by atoms with van der Waals surface area (Å²) in [4.78, 5) is 12.2. The molecule has 0 bridgehead atoms. The molecule has 0 radical (unpaired) electrons. The number of rotatable bonds is 6. The average Bonchev–Trinajstić information content (AvgIpc) is 2.54. The minimum Gasteiger partial charge on any atom is -0.434 e. The van der Waals surface area contributed by atoms with Crippen LogP contribution in [0.3, 0.4) is 0 Å². The maximum atomic E-state index is 12.9. The monoisotopic (exact) mass is 339 g/mol. The molecule has 0 aliphatic rings. The maximum Gasteiger partial charge on any atom is 0.387 e. The second-order valence-corrected chi connectivity index (χ2v) is 5.13. The van der Waals surface area contributed by atoms with E-state index in [9.17, 15) is 23.1 Å². The fourth-order valence-corrected chi connectivity index (χ4v) is 2.17. The highest BCUT2D eigenvalue weighted by molar-refractivity contribution is 5.97. The van der Waals surface area contributed by atoms with Crippen LogP contribution in [0.4, 0.5) is 13.2 Å². The molecule has 0 unspecified atom stereocenters. The van der Waals surface area contributed by atoms with Crippen LogP contribution < -0.4 is 10.1 Å². The van der Waals surface area contributed by atoms with Crippen molar-refractivity contribution in [1.82, 2.24) is 5.32 Å². The van der Waals surface area contributed by atoms with Gasteiger partial charge in [0.05, 0.1) is 17.7 Å². The minimum atomic E-state index is -3.05. The van der Waals surface area contributed by atoms with E-state index in [1.54, 1.807) is 6.92 Å². The lowest BCUT2D eigenvalue weighted by Gasteiger charge is -2.21. The Morgan fingerprint density at radius 1 is 1.12 bits per heavy atom. The Balaban J connectivity index is 2.10. The zero-order chi connectivity index (χ0) is 17.7. The van der Waals surface area contributed by atoms with Crippen LogP contribution in [0.15, 0.2) is 48.5 Å². The van der Waals surface area contributed by atoms with Gasteiger partial charge in [0.1, 0.15) is 11.6 Å². The summed E-state index contributed by atoms with van der Waals surface area (Å²) in [6, 6.07) is 10.0. The lowest BCUT2D eigenvalue weighted by atomic mass is 10.0. The van der Waals surface area contributed by atoms with E-state index in [1.165, 1.54) is 48.5 Å². The van der Waals surface area contributed by atoms with Crippen LogP contribution in [0.1, 0.15) is 28.9 Å². The van der Waals surface area contributed by atoms with Crippen LogP contribution in [0.25, 0.3) is 0 Å². The Labute approximate surface area is 136 Å². The van der Waals surface area contributed by atoms with Crippen molar-refractivity contribution >= 4 is 5.91 Å². The minimum absolute atomic E-state index is 0.0732. The standard InChI is InChI=1S/C17H16F3NO3/c1-10(15(22)11-6-8-12(18)9-7-11)21-16(23)13-4-2-3-5-14(13)24-17(19)20/h2-10,15,17,22H,1H3,(H,21,23)/t10-,15-/m1/s1. The van der Waals surface area contributed by atoms with E-state index in [1.807, 2.05) is 0 Å². The van der Waals surface area contributed by atoms with E-state index in [4.69, 9.17) is 0 Å². The Hall–Kier alpha value is -2.54. The molecule has 2 aromatic carbocycles. The number of aliphatic hydroxyl groups excluding tert-OH is 1. The van der Waals surface area contributed by atoms with Gasteiger partial charge in [-0.3, -0.25) is 4.79 Å². The normalized spacial score (nSPS) is 13.4. The summed E-state index contributed by atoms with van der Waals surface area (Å²) in [5, 5.41) is 12.7. The first-order chi connectivity index (χ1) is 11.4. The van der Waals surface area contributed by atoms with Crippen LogP contribution in [0, 0.1) is 5.82 Å². The lowest BCUT2D eigenvalue weighted by molar-refractivity contribution is -0.0501. The smallest absolute Gasteiger partial charge is 0.387 e. The molecule has 2 rings (SSSR count). The topological polar surface area (TPSA) is 58.6 Å². The van der Waals surface area contributed by atoms with Crippen LogP contribution >= 0.6 is 0 Å². The van der Waals surface area contributed by atoms with E-state index >= 15 is 0 Å². The molecule has 0 aliphatic carbocycles. The Kier molecular flexibility index (Phi) is 5.81. The van der Waals surface area contributed by atoms with Gasteiger partial charge in [-0.25, -0.2) is 4.39 Å². The van der Waals surface area contributed by atoms with Gasteiger partial charge in [-0.2, -0.15) is 8.78 Å². The van der Waals surface area contributed by atoms with Gasteiger partial charge in [-0.15, -0.1) is 0 Å². The number of hydrogen-bond acceptors (Lipinski definition) is 3. The molecule has 2 atom stereocenters. The number of ether oxygens (including phenoxy) is 1. The largest absolute Gasteiger partial charge is 0.434 e. The first-order valence-electron chi connectivity index (χ1n) is 7.16. The van der Waals surface area contributed by atoms with E-state index < -0.39 is 30.5 Å². The summed E-state index contributed by atoms with van der Waals surface area (Å²) < 4.78 is 42.0. The molecule has 2 N–H and O–H groups in total. The fraction of sp³-hybridized carbons (Fsp3) is 0.235. The summed E-state index contributed by atoms with van der Waals surface area (Å²) in [6.45, 7) is -1.51. The van der Waals surface area contributed by atoms with Crippen molar-refractivity contribution in [2.24, 2.45) is 0 Å². The number of amides is 1. The van der Waals surface area contributed by atoms with Gasteiger partial charge >= 0.3 is 6.61 Å². The van der Waals surface area contributed by atoms with Gasteiger partial charge < -0.3 is 15.2 Å². The molecule has 0 saturated heterocycles. The summed E-state index contributed by atoms with van der Waals surface area (Å²) in [6.07, 6.45) is -1.09. The molecule has 24 heavy (non-hydrogen) atoms. The molecule has 1 amide bonds. The zero-order valence-electron chi connectivity index (χ0n) is 12.7. The van der Waals surface area contributed by atoms with Crippen molar-refractivity contribution < 1.29 is 27.8 Å². The summed E-state index contributed by atoms with van der Waals surface area (Å²) in [7, 11) is 0. The quantitative estimate of drug-likeness (QED) is 0.849. The van der Waals surface area contributed by atoms with E-state index in [-0.39, 0.29) is 11.3 Å². The summed E-state index contributed by atoms with van der Waals surface area (Å²) in [5.41, 5.74) is 0.345. The van der Waals surface area contributed by atoms with E-state index in [2.05, 4.69) is 10.1 Å². The number of alkyl halides is 2. The van der Waals surface area contributed by atoms with Gasteiger partial charge in [0.15, 0.2) is 0 Å². The van der Waals surface area contributed by atoms with E-state index in [0.29, 0.717) is 5.56 Å². The SMILES string of the molecule is C[C@@H](NC(=O)c1ccccc1OC(F)F)[C@@H](O)c1ccc(F)cc1. The Morgan fingerprint density at radius 3 is 2.38 bits per heavy atom. The zero-order valence-corrected chi connectivity index (χ0v) is 12.7. The van der Waals surface area contributed by atoms with Crippen molar-refractivity contribution in [3.63, 3.8) is 0 Å². The van der Waals surface area contributed by atoms with Gasteiger partial charge in [0, 0.05) is 0 Å². The van der Waals surface area contributed by atoms with Gasteiger partial charge in [-0.05, 0) is 36.8 Å². The molecule has 7 heteroatoms. The molecule has 2 aromatic rings. The number of hydrogen-bond donors (Lipinski definition) is 2. The Morgan fingerprint density at radius 2 is 1.75 bits per heavy atom.